The molecule has 0 bridgehead atoms. The van der Waals surface area contributed by atoms with Crippen molar-refractivity contribution in [2.24, 2.45) is 11.3 Å². The maximum absolute atomic E-state index is 12.5. The van der Waals surface area contributed by atoms with E-state index in [-0.39, 0.29) is 23.1 Å². The Morgan fingerprint density at radius 2 is 1.86 bits per heavy atom. The maximum atomic E-state index is 12.5. The molecule has 0 radical (unpaired) electrons. The van der Waals surface area contributed by atoms with Crippen molar-refractivity contribution >= 4 is 17.5 Å². The quantitative estimate of drug-likeness (QED) is 0.682. The van der Waals surface area contributed by atoms with Gasteiger partial charge in [0.05, 0.1) is 13.2 Å². The summed E-state index contributed by atoms with van der Waals surface area (Å²) in [6, 6.07) is 7.16. The fourth-order valence-electron chi connectivity index (χ4n) is 4.38. The van der Waals surface area contributed by atoms with E-state index in [1.165, 1.54) is 0 Å². The second-order valence-corrected chi connectivity index (χ2v) is 8.15. The van der Waals surface area contributed by atoms with Crippen molar-refractivity contribution in [1.29, 1.82) is 0 Å². The van der Waals surface area contributed by atoms with Crippen LogP contribution in [0.1, 0.15) is 29.6 Å². The Balaban J connectivity index is 1.22. The van der Waals surface area contributed by atoms with Gasteiger partial charge in [0.15, 0.2) is 0 Å². The summed E-state index contributed by atoms with van der Waals surface area (Å²) in [6.45, 7) is 6.85. The van der Waals surface area contributed by atoms with Crippen LogP contribution in [0, 0.1) is 11.3 Å². The summed E-state index contributed by atoms with van der Waals surface area (Å²) < 4.78 is 5.32. The normalized spacial score (nSPS) is 23.9. The molecule has 1 unspecified atom stereocenters. The molecular weight excluding hydrogens is 356 g/mol. The van der Waals surface area contributed by atoms with Crippen molar-refractivity contribution < 1.29 is 14.3 Å². The SMILES string of the molecule is O=C(NCCN1CCOCC1)c1ccc(NC(=O)C2CC23CCNCC3)cc1. The van der Waals surface area contributed by atoms with Gasteiger partial charge in [0.25, 0.3) is 5.91 Å². The van der Waals surface area contributed by atoms with Crippen LogP contribution >= 0.6 is 0 Å². The van der Waals surface area contributed by atoms with E-state index in [1.807, 2.05) is 12.1 Å². The summed E-state index contributed by atoms with van der Waals surface area (Å²) in [4.78, 5) is 27.1. The summed E-state index contributed by atoms with van der Waals surface area (Å²) in [5.41, 5.74) is 1.60. The second kappa shape index (κ2) is 8.59. The number of rotatable bonds is 6. The summed E-state index contributed by atoms with van der Waals surface area (Å²) in [5.74, 6) is 0.171. The van der Waals surface area contributed by atoms with Crippen molar-refractivity contribution in [2.45, 2.75) is 19.3 Å². The van der Waals surface area contributed by atoms with Gasteiger partial charge in [0, 0.05) is 43.3 Å². The van der Waals surface area contributed by atoms with Gasteiger partial charge >= 0.3 is 0 Å². The lowest BCUT2D eigenvalue weighted by Crippen LogP contribution is -2.41. The Morgan fingerprint density at radius 1 is 1.14 bits per heavy atom. The van der Waals surface area contributed by atoms with Crippen molar-refractivity contribution in [3.05, 3.63) is 29.8 Å². The molecule has 28 heavy (non-hydrogen) atoms. The molecule has 2 aliphatic heterocycles. The highest BCUT2D eigenvalue weighted by atomic mass is 16.5. The van der Waals surface area contributed by atoms with Crippen LogP contribution in [0.5, 0.6) is 0 Å². The number of carbonyl (C=O) groups is 2. The van der Waals surface area contributed by atoms with Crippen molar-refractivity contribution in [3.8, 4) is 0 Å². The molecule has 3 fully saturated rings. The third-order valence-corrected chi connectivity index (χ3v) is 6.34. The summed E-state index contributed by atoms with van der Waals surface area (Å²) in [6.07, 6.45) is 3.19. The highest BCUT2D eigenvalue weighted by Crippen LogP contribution is 2.58. The fourth-order valence-corrected chi connectivity index (χ4v) is 4.38. The maximum Gasteiger partial charge on any atom is 0.251 e. The molecule has 1 atom stereocenters. The number of morpholine rings is 1. The van der Waals surface area contributed by atoms with E-state index in [9.17, 15) is 9.59 Å². The highest BCUT2D eigenvalue weighted by molar-refractivity contribution is 5.97. The topological polar surface area (TPSA) is 82.7 Å². The zero-order valence-electron chi connectivity index (χ0n) is 16.3. The molecule has 1 saturated carbocycles. The molecule has 2 amide bonds. The van der Waals surface area contributed by atoms with Gasteiger partial charge in [-0.3, -0.25) is 14.5 Å². The van der Waals surface area contributed by atoms with E-state index in [0.29, 0.717) is 12.1 Å². The van der Waals surface area contributed by atoms with Crippen molar-refractivity contribution in [1.82, 2.24) is 15.5 Å². The van der Waals surface area contributed by atoms with Gasteiger partial charge in [-0.05, 0) is 62.0 Å². The van der Waals surface area contributed by atoms with Gasteiger partial charge in [0.1, 0.15) is 0 Å². The van der Waals surface area contributed by atoms with E-state index in [0.717, 1.165) is 70.9 Å². The lowest BCUT2D eigenvalue weighted by atomic mass is 9.92. The Kier molecular flexibility index (Phi) is 5.94. The van der Waals surface area contributed by atoms with E-state index in [2.05, 4.69) is 20.9 Å². The number of nitrogens with one attached hydrogen (secondary N) is 3. The minimum absolute atomic E-state index is 0.0815. The Labute approximate surface area is 166 Å². The fraction of sp³-hybridized carbons (Fsp3) is 0.619. The number of nitrogens with zero attached hydrogens (tertiary/aromatic N) is 1. The average Bonchev–Trinajstić information content (AvgIpc) is 3.42. The first-order valence-corrected chi connectivity index (χ1v) is 10.4. The van der Waals surface area contributed by atoms with Gasteiger partial charge in [-0.1, -0.05) is 0 Å². The van der Waals surface area contributed by atoms with E-state index >= 15 is 0 Å². The number of piperidine rings is 1. The van der Waals surface area contributed by atoms with Crippen LogP contribution in [0.3, 0.4) is 0 Å². The molecule has 3 aliphatic rings. The molecule has 2 saturated heterocycles. The van der Waals surface area contributed by atoms with Gasteiger partial charge in [-0.25, -0.2) is 0 Å². The third kappa shape index (κ3) is 4.54. The molecular formula is C21H30N4O3. The Bertz CT molecular complexity index is 694. The predicted octanol–water partition coefficient (Wildman–Crippen LogP) is 1.08. The van der Waals surface area contributed by atoms with E-state index in [1.54, 1.807) is 12.1 Å². The zero-order chi connectivity index (χ0) is 19.4. The second-order valence-electron chi connectivity index (χ2n) is 8.15. The molecule has 1 spiro atoms. The lowest BCUT2D eigenvalue weighted by molar-refractivity contribution is -0.118. The number of hydrogen-bond acceptors (Lipinski definition) is 5. The van der Waals surface area contributed by atoms with Crippen molar-refractivity contribution in [2.75, 3.05) is 57.8 Å². The number of hydrogen-bond donors (Lipinski definition) is 3. The highest BCUT2D eigenvalue weighted by Gasteiger charge is 2.57. The number of amides is 2. The van der Waals surface area contributed by atoms with Crippen molar-refractivity contribution in [3.63, 3.8) is 0 Å². The minimum atomic E-state index is -0.0815. The molecule has 4 rings (SSSR count). The van der Waals surface area contributed by atoms with Crippen LogP contribution in [0.25, 0.3) is 0 Å². The molecule has 1 aliphatic carbocycles. The van der Waals surface area contributed by atoms with Crippen LogP contribution < -0.4 is 16.0 Å². The van der Waals surface area contributed by atoms with Gasteiger partial charge < -0.3 is 20.7 Å². The number of benzene rings is 1. The molecule has 2 heterocycles. The molecule has 1 aromatic carbocycles. The number of anilines is 1. The first kappa shape index (κ1) is 19.4. The molecule has 152 valence electrons. The van der Waals surface area contributed by atoms with Gasteiger partial charge in [0.2, 0.25) is 5.91 Å². The van der Waals surface area contributed by atoms with E-state index < -0.39 is 0 Å². The number of carbonyl (C=O) groups excluding carboxylic acids is 2. The number of ether oxygens (including phenoxy) is 1. The van der Waals surface area contributed by atoms with Crippen LogP contribution in [0.4, 0.5) is 5.69 Å². The first-order chi connectivity index (χ1) is 13.7. The standard InChI is InChI=1S/C21H30N4O3/c26-19(23-9-10-25-11-13-28-14-12-25)16-1-3-17(4-2-16)24-20(27)18-15-21(18)5-7-22-8-6-21/h1-4,18,22H,5-15H2,(H,23,26)(H,24,27). The Hall–Kier alpha value is -1.96. The molecule has 1 aromatic rings. The molecule has 7 heteroatoms. The Morgan fingerprint density at radius 3 is 2.57 bits per heavy atom. The molecule has 3 N–H and O–H groups in total. The monoisotopic (exact) mass is 386 g/mol. The van der Waals surface area contributed by atoms with Crippen LogP contribution in [0.2, 0.25) is 0 Å². The smallest absolute Gasteiger partial charge is 0.251 e. The molecule has 7 nitrogen and oxygen atoms in total. The summed E-state index contributed by atoms with van der Waals surface area (Å²) in [7, 11) is 0. The minimum Gasteiger partial charge on any atom is -0.379 e. The van der Waals surface area contributed by atoms with Crippen LogP contribution in [0.15, 0.2) is 24.3 Å². The summed E-state index contributed by atoms with van der Waals surface area (Å²) >= 11 is 0. The van der Waals surface area contributed by atoms with Crippen LogP contribution in [-0.2, 0) is 9.53 Å². The third-order valence-electron chi connectivity index (χ3n) is 6.34. The predicted molar refractivity (Wildman–Crippen MR) is 107 cm³/mol. The van der Waals surface area contributed by atoms with E-state index in [4.69, 9.17) is 4.74 Å². The molecule has 0 aromatic heterocycles. The zero-order valence-corrected chi connectivity index (χ0v) is 16.3. The summed E-state index contributed by atoms with van der Waals surface area (Å²) in [5, 5.41) is 9.34. The largest absolute Gasteiger partial charge is 0.379 e. The lowest BCUT2D eigenvalue weighted by Gasteiger charge is -2.26. The van der Waals surface area contributed by atoms with Gasteiger partial charge in [-0.15, -0.1) is 0 Å². The first-order valence-electron chi connectivity index (χ1n) is 10.4. The van der Waals surface area contributed by atoms with Gasteiger partial charge in [-0.2, -0.15) is 0 Å². The average molecular weight is 386 g/mol. The van der Waals surface area contributed by atoms with Crippen LogP contribution in [-0.4, -0.2) is 69.2 Å².